The number of aliphatic hydroxyl groups is 1. The van der Waals surface area contributed by atoms with Crippen LogP contribution in [-0.4, -0.2) is 184 Å². The van der Waals surface area contributed by atoms with Crippen LogP contribution in [0, 0.1) is 5.82 Å². The van der Waals surface area contributed by atoms with Gasteiger partial charge in [-0.1, -0.05) is 24.3 Å². The van der Waals surface area contributed by atoms with Crippen molar-refractivity contribution in [2.45, 2.75) is 32.2 Å². The summed E-state index contributed by atoms with van der Waals surface area (Å²) >= 11 is 6.54. The maximum Gasteiger partial charge on any atom is 0.262 e. The Bertz CT molecular complexity index is 2540. The normalized spacial score (nSPS) is 16.4. The quantitative estimate of drug-likeness (QED) is 0.0453. The highest BCUT2D eigenvalue weighted by Gasteiger charge is 2.44. The fourth-order valence-corrected chi connectivity index (χ4v) is 8.19. The van der Waals surface area contributed by atoms with Crippen LogP contribution in [0.2, 0.25) is 5.02 Å². The van der Waals surface area contributed by atoms with Crippen molar-refractivity contribution in [3.05, 3.63) is 82.4 Å². The molecular formula is C48H57ClF2N8O12. The number of ether oxygens (including phenoxy) is 5. The van der Waals surface area contributed by atoms with E-state index >= 15 is 4.39 Å². The highest BCUT2D eigenvalue weighted by molar-refractivity contribution is 6.33. The Morgan fingerprint density at radius 1 is 0.944 bits per heavy atom. The number of carbonyl (C=O) groups is 6. The molecule has 1 aromatic heterocycles. The largest absolute Gasteiger partial charge is 0.491 e. The number of hydrogen-bond donors (Lipinski definition) is 3. The number of fused-ring (bicyclic) bond motifs is 2. The van der Waals surface area contributed by atoms with Crippen molar-refractivity contribution in [1.82, 2.24) is 30.0 Å². The van der Waals surface area contributed by atoms with E-state index in [0.29, 0.717) is 83.9 Å². The van der Waals surface area contributed by atoms with Gasteiger partial charge in [-0.05, 0) is 49.8 Å². The third kappa shape index (κ3) is 13.7. The van der Waals surface area contributed by atoms with Gasteiger partial charge >= 0.3 is 0 Å². The Morgan fingerprint density at radius 3 is 2.23 bits per heavy atom. The summed E-state index contributed by atoms with van der Waals surface area (Å²) in [5.74, 6) is -3.89. The molecule has 2 fully saturated rings. The molecule has 0 aliphatic carbocycles. The van der Waals surface area contributed by atoms with Crippen LogP contribution in [0.1, 0.15) is 52.5 Å². The molecule has 3 aliphatic rings. The number of benzene rings is 2. The first-order chi connectivity index (χ1) is 34.3. The number of nitrogens with one attached hydrogen (secondary N) is 2. The van der Waals surface area contributed by atoms with E-state index in [2.05, 4.69) is 27.2 Å². The van der Waals surface area contributed by atoms with Gasteiger partial charge in [0.15, 0.2) is 5.82 Å². The molecule has 3 aliphatic heterocycles. The molecule has 2 aromatic carbocycles. The number of anilines is 2. The fourth-order valence-electron chi connectivity index (χ4n) is 7.88. The molecular weight excluding hydrogens is 954 g/mol. The highest BCUT2D eigenvalue weighted by Crippen LogP contribution is 2.38. The number of imide groups is 2. The predicted molar refractivity (Wildman–Crippen MR) is 256 cm³/mol. The summed E-state index contributed by atoms with van der Waals surface area (Å²) in [5, 5.41) is 15.3. The van der Waals surface area contributed by atoms with E-state index in [1.54, 1.807) is 24.9 Å². The number of piperazine rings is 1. The van der Waals surface area contributed by atoms with Crippen LogP contribution in [0.15, 0.2) is 54.9 Å². The molecule has 6 amide bonds. The summed E-state index contributed by atoms with van der Waals surface area (Å²) in [6, 6.07) is 4.86. The minimum Gasteiger partial charge on any atom is -0.491 e. The molecule has 23 heteroatoms. The van der Waals surface area contributed by atoms with Crippen LogP contribution in [0.25, 0.3) is 16.5 Å². The zero-order chi connectivity index (χ0) is 51.0. The van der Waals surface area contributed by atoms with Gasteiger partial charge in [-0.3, -0.25) is 39.0 Å². The van der Waals surface area contributed by atoms with Crippen molar-refractivity contribution in [2.75, 3.05) is 123 Å². The summed E-state index contributed by atoms with van der Waals surface area (Å²) < 4.78 is 59.3. The van der Waals surface area contributed by atoms with Crippen molar-refractivity contribution in [3.63, 3.8) is 0 Å². The molecule has 2 saturated heterocycles. The summed E-state index contributed by atoms with van der Waals surface area (Å²) in [6.45, 7) is 8.63. The van der Waals surface area contributed by atoms with Gasteiger partial charge in [-0.25, -0.2) is 13.8 Å². The molecule has 6 rings (SSSR count). The van der Waals surface area contributed by atoms with Crippen molar-refractivity contribution in [3.8, 4) is 5.75 Å². The SMILES string of the molecule is C=CC(=O)N1CCN(c2nc(NCCC(=O)N(C)CCOCCOCCOCCOCCOc3ccc4c(c3)C(=O)N(C3CCC(=O)NC3=O)C4=O)nc3c(F)c(/C(CO)=C(F)/C=C\C)c(Cl)cc23)CC1. The standard InChI is InChI=1S/C48H57ClF2N8O12/c1-4-6-36(50)34(29-60)41-35(49)28-33-43(42(41)51)54-48(55-44(33)58-15-13-57(14-16-58)39(62)5-2)52-12-11-40(63)56(3)17-18-67-19-20-68-21-22-69-23-24-70-25-26-71-30-7-8-31-32(27-30)47(66)59(46(31)65)37-9-10-38(61)53-45(37)64/h4-8,27-28,37,60H,2,9-26,29H2,1,3H3,(H,52,54,55)(H,53,61,64)/b6-4-,36-34-. The maximum atomic E-state index is 16.4. The number of likely N-dealkylation sites (N-methyl/N-ethyl adjacent to an activating group) is 1. The molecule has 71 heavy (non-hydrogen) atoms. The van der Waals surface area contributed by atoms with Gasteiger partial charge < -0.3 is 48.8 Å². The molecule has 1 atom stereocenters. The summed E-state index contributed by atoms with van der Waals surface area (Å²) in [7, 11) is 1.64. The number of allylic oxidation sites excluding steroid dienone is 3. The van der Waals surface area contributed by atoms with E-state index in [1.807, 2.05) is 4.90 Å². The van der Waals surface area contributed by atoms with Crippen LogP contribution < -0.4 is 20.3 Å². The van der Waals surface area contributed by atoms with Crippen LogP contribution in [0.3, 0.4) is 0 Å². The lowest BCUT2D eigenvalue weighted by Crippen LogP contribution is -2.54. The number of aromatic nitrogens is 2. The van der Waals surface area contributed by atoms with Gasteiger partial charge in [-0.2, -0.15) is 4.98 Å². The number of piperidine rings is 1. The number of halogens is 3. The predicted octanol–water partition coefficient (Wildman–Crippen LogP) is 3.31. The molecule has 4 heterocycles. The smallest absolute Gasteiger partial charge is 0.262 e. The molecule has 382 valence electrons. The minimum absolute atomic E-state index is 0.00569. The number of carbonyl (C=O) groups excluding carboxylic acids is 6. The van der Waals surface area contributed by atoms with Gasteiger partial charge in [-0.15, -0.1) is 0 Å². The van der Waals surface area contributed by atoms with E-state index < -0.39 is 47.9 Å². The molecule has 20 nitrogen and oxygen atoms in total. The van der Waals surface area contributed by atoms with Crippen LogP contribution >= 0.6 is 11.6 Å². The maximum absolute atomic E-state index is 16.4. The molecule has 0 radical (unpaired) electrons. The Hall–Kier alpha value is -6.43. The lowest BCUT2D eigenvalue weighted by atomic mass is 10.0. The van der Waals surface area contributed by atoms with Gasteiger partial charge in [0, 0.05) is 75.7 Å². The Kier molecular flexibility index (Phi) is 19.9. The number of hydrogen-bond acceptors (Lipinski definition) is 16. The molecule has 0 saturated carbocycles. The zero-order valence-corrected chi connectivity index (χ0v) is 40.3. The fraction of sp³-hybridized carbons (Fsp3) is 0.458. The first kappa shape index (κ1) is 53.9. The van der Waals surface area contributed by atoms with E-state index in [1.165, 1.54) is 35.3 Å². The van der Waals surface area contributed by atoms with Crippen LogP contribution in [0.4, 0.5) is 20.5 Å². The average Bonchev–Trinajstić information content (AvgIpc) is 3.60. The second-order valence-electron chi connectivity index (χ2n) is 16.3. The van der Waals surface area contributed by atoms with Crippen LogP contribution in [0.5, 0.6) is 5.75 Å². The van der Waals surface area contributed by atoms with Crippen molar-refractivity contribution >= 4 is 75.3 Å². The Labute approximate surface area is 413 Å². The summed E-state index contributed by atoms with van der Waals surface area (Å²) in [5.41, 5.74) is -0.578. The van der Waals surface area contributed by atoms with E-state index in [4.69, 9.17) is 35.3 Å². The summed E-state index contributed by atoms with van der Waals surface area (Å²) in [4.78, 5) is 89.8. The number of nitrogens with zero attached hydrogens (tertiary/aromatic N) is 6. The lowest BCUT2D eigenvalue weighted by Gasteiger charge is -2.35. The average molecular weight is 1010 g/mol. The highest BCUT2D eigenvalue weighted by atomic mass is 35.5. The third-order valence-corrected chi connectivity index (χ3v) is 11.9. The molecule has 1 unspecified atom stereocenters. The van der Waals surface area contributed by atoms with E-state index in [0.717, 1.165) is 11.0 Å². The Balaban J connectivity index is 0.848. The van der Waals surface area contributed by atoms with Crippen LogP contribution in [-0.2, 0) is 38.1 Å². The molecule has 3 aromatic rings. The van der Waals surface area contributed by atoms with Crippen molar-refractivity contribution in [2.24, 2.45) is 0 Å². The van der Waals surface area contributed by atoms with E-state index in [9.17, 15) is 38.3 Å². The first-order valence-corrected chi connectivity index (χ1v) is 23.4. The third-order valence-electron chi connectivity index (χ3n) is 11.6. The van der Waals surface area contributed by atoms with Crippen molar-refractivity contribution < 1.29 is 66.3 Å². The minimum atomic E-state index is -1.05. The first-order valence-electron chi connectivity index (χ1n) is 23.0. The number of amides is 6. The van der Waals surface area contributed by atoms with Gasteiger partial charge in [0.05, 0.1) is 75.6 Å². The Morgan fingerprint density at radius 2 is 1.59 bits per heavy atom. The number of aliphatic hydroxyl groups excluding tert-OH is 1. The summed E-state index contributed by atoms with van der Waals surface area (Å²) in [6.07, 6.45) is 3.88. The molecule has 3 N–H and O–H groups in total. The van der Waals surface area contributed by atoms with Gasteiger partial charge in [0.2, 0.25) is 29.6 Å². The molecule has 0 spiro atoms. The topological polar surface area (TPSA) is 232 Å². The van der Waals surface area contributed by atoms with Gasteiger partial charge in [0.25, 0.3) is 11.8 Å². The number of rotatable bonds is 26. The van der Waals surface area contributed by atoms with Gasteiger partial charge in [0.1, 0.15) is 35.6 Å². The van der Waals surface area contributed by atoms with E-state index in [-0.39, 0.29) is 102 Å². The van der Waals surface area contributed by atoms with Crippen molar-refractivity contribution in [1.29, 1.82) is 0 Å². The second-order valence-corrected chi connectivity index (χ2v) is 16.7. The monoisotopic (exact) mass is 1010 g/mol. The lowest BCUT2D eigenvalue weighted by molar-refractivity contribution is -0.136. The zero-order valence-electron chi connectivity index (χ0n) is 39.5. The molecule has 0 bridgehead atoms. The second kappa shape index (κ2) is 26.1.